The van der Waals surface area contributed by atoms with Crippen molar-refractivity contribution < 1.29 is 22.4 Å². The lowest BCUT2D eigenvalue weighted by Crippen LogP contribution is -2.53. The standard InChI is InChI=1S/C29H32Cl2FN3O4S/c1-3-4-16-33-29(37)27(17-21-10-6-5-7-11-21)34(19-22-14-15-23(30)18-24(22)31)28(36)20-35(40(2,38)39)26-13-9-8-12-25(26)32/h5-15,18,27H,3-4,16-17,19-20H2,1-2H3,(H,33,37). The number of nitrogens with one attached hydrogen (secondary N) is 1. The molecule has 0 heterocycles. The number of carbonyl (C=O) groups excluding carboxylic acids is 2. The van der Waals surface area contributed by atoms with Crippen molar-refractivity contribution in [3.63, 3.8) is 0 Å². The van der Waals surface area contributed by atoms with E-state index in [4.69, 9.17) is 23.2 Å². The lowest BCUT2D eigenvalue weighted by atomic mass is 10.0. The predicted molar refractivity (Wildman–Crippen MR) is 157 cm³/mol. The minimum atomic E-state index is -4.08. The molecule has 214 valence electrons. The summed E-state index contributed by atoms with van der Waals surface area (Å²) in [5.74, 6) is -1.90. The third kappa shape index (κ3) is 8.68. The Morgan fingerprint density at radius 3 is 2.30 bits per heavy atom. The molecule has 0 saturated heterocycles. The Morgan fingerprint density at radius 1 is 1.00 bits per heavy atom. The predicted octanol–water partition coefficient (Wildman–Crippen LogP) is 5.45. The number of benzene rings is 3. The molecule has 40 heavy (non-hydrogen) atoms. The first-order chi connectivity index (χ1) is 19.0. The Hall–Kier alpha value is -3.14. The van der Waals surface area contributed by atoms with E-state index in [0.717, 1.165) is 30.7 Å². The Kier molecular flexibility index (Phi) is 11.4. The number of hydrogen-bond acceptors (Lipinski definition) is 4. The fraction of sp³-hybridized carbons (Fsp3) is 0.310. The van der Waals surface area contributed by atoms with Gasteiger partial charge in [-0.15, -0.1) is 0 Å². The molecule has 11 heteroatoms. The van der Waals surface area contributed by atoms with E-state index < -0.39 is 40.2 Å². The molecule has 0 aliphatic rings. The van der Waals surface area contributed by atoms with Crippen LogP contribution in [0.4, 0.5) is 10.1 Å². The van der Waals surface area contributed by atoms with Crippen LogP contribution in [0, 0.1) is 5.82 Å². The van der Waals surface area contributed by atoms with Gasteiger partial charge < -0.3 is 10.2 Å². The molecule has 1 N–H and O–H groups in total. The molecule has 3 rings (SSSR count). The molecule has 1 atom stereocenters. The van der Waals surface area contributed by atoms with E-state index in [9.17, 15) is 22.4 Å². The number of carbonyl (C=O) groups is 2. The van der Waals surface area contributed by atoms with Crippen LogP contribution in [0.2, 0.25) is 10.0 Å². The highest BCUT2D eigenvalue weighted by atomic mass is 35.5. The molecular weight excluding hydrogens is 576 g/mol. The second-order valence-electron chi connectivity index (χ2n) is 9.33. The molecular formula is C29H32Cl2FN3O4S. The summed E-state index contributed by atoms with van der Waals surface area (Å²) < 4.78 is 40.9. The zero-order chi connectivity index (χ0) is 29.3. The number of unbranched alkanes of at least 4 members (excludes halogenated alkanes) is 1. The van der Waals surface area contributed by atoms with Gasteiger partial charge in [-0.1, -0.05) is 85.1 Å². The number of hydrogen-bond donors (Lipinski definition) is 1. The molecule has 0 aliphatic carbocycles. The fourth-order valence-corrected chi connectivity index (χ4v) is 5.46. The Labute approximate surface area is 244 Å². The minimum Gasteiger partial charge on any atom is -0.354 e. The molecule has 2 amide bonds. The first kappa shape index (κ1) is 31.4. The van der Waals surface area contributed by atoms with Gasteiger partial charge in [0.1, 0.15) is 18.4 Å². The zero-order valence-electron chi connectivity index (χ0n) is 22.3. The molecule has 0 fully saturated rings. The van der Waals surface area contributed by atoms with Crippen molar-refractivity contribution in [3.8, 4) is 0 Å². The molecule has 7 nitrogen and oxygen atoms in total. The van der Waals surface area contributed by atoms with Gasteiger partial charge in [0.15, 0.2) is 0 Å². The van der Waals surface area contributed by atoms with Gasteiger partial charge in [-0.3, -0.25) is 13.9 Å². The highest BCUT2D eigenvalue weighted by molar-refractivity contribution is 7.92. The maximum Gasteiger partial charge on any atom is 0.244 e. The van der Waals surface area contributed by atoms with Gasteiger partial charge in [-0.2, -0.15) is 0 Å². The minimum absolute atomic E-state index is 0.109. The van der Waals surface area contributed by atoms with Crippen LogP contribution in [0.3, 0.4) is 0 Å². The SMILES string of the molecule is CCCCNC(=O)C(Cc1ccccc1)N(Cc1ccc(Cl)cc1Cl)C(=O)CN(c1ccccc1F)S(C)(=O)=O. The molecule has 0 aromatic heterocycles. The summed E-state index contributed by atoms with van der Waals surface area (Å²) in [7, 11) is -4.08. The van der Waals surface area contributed by atoms with Crippen LogP contribution in [0.15, 0.2) is 72.8 Å². The number of para-hydroxylation sites is 1. The first-order valence-electron chi connectivity index (χ1n) is 12.8. The summed E-state index contributed by atoms with van der Waals surface area (Å²) >= 11 is 12.5. The first-order valence-corrected chi connectivity index (χ1v) is 15.4. The molecule has 0 aliphatic heterocycles. The van der Waals surface area contributed by atoms with Gasteiger partial charge in [0.2, 0.25) is 21.8 Å². The largest absolute Gasteiger partial charge is 0.354 e. The quantitative estimate of drug-likeness (QED) is 0.262. The maximum absolute atomic E-state index is 14.7. The lowest BCUT2D eigenvalue weighted by molar-refractivity contribution is -0.140. The van der Waals surface area contributed by atoms with Crippen LogP contribution in [-0.4, -0.2) is 50.5 Å². The van der Waals surface area contributed by atoms with Gasteiger partial charge in [0.25, 0.3) is 0 Å². The lowest BCUT2D eigenvalue weighted by Gasteiger charge is -2.33. The van der Waals surface area contributed by atoms with Crippen molar-refractivity contribution in [1.82, 2.24) is 10.2 Å². The van der Waals surface area contributed by atoms with Crippen LogP contribution in [-0.2, 0) is 32.6 Å². The van der Waals surface area contributed by atoms with Crippen molar-refractivity contribution in [2.45, 2.75) is 38.8 Å². The second-order valence-corrected chi connectivity index (χ2v) is 12.1. The third-order valence-corrected chi connectivity index (χ3v) is 7.97. The topological polar surface area (TPSA) is 86.8 Å². The number of anilines is 1. The van der Waals surface area contributed by atoms with Crippen molar-refractivity contribution in [2.24, 2.45) is 0 Å². The number of rotatable bonds is 13. The fourth-order valence-electron chi connectivity index (χ4n) is 4.14. The zero-order valence-corrected chi connectivity index (χ0v) is 24.6. The van der Waals surface area contributed by atoms with E-state index in [-0.39, 0.29) is 23.7 Å². The molecule has 3 aromatic rings. The molecule has 1 unspecified atom stereocenters. The van der Waals surface area contributed by atoms with E-state index in [0.29, 0.717) is 21.4 Å². The van der Waals surface area contributed by atoms with Gasteiger partial charge in [-0.05, 0) is 41.8 Å². The second kappa shape index (κ2) is 14.5. The van der Waals surface area contributed by atoms with Crippen molar-refractivity contribution in [1.29, 1.82) is 0 Å². The summed E-state index contributed by atoms with van der Waals surface area (Å²) in [6, 6.07) is 18.2. The van der Waals surface area contributed by atoms with Gasteiger partial charge in [0.05, 0.1) is 11.9 Å². The Bertz CT molecular complexity index is 1420. The Morgan fingerprint density at radius 2 is 1.68 bits per heavy atom. The smallest absolute Gasteiger partial charge is 0.244 e. The number of sulfonamides is 1. The number of halogens is 3. The monoisotopic (exact) mass is 607 g/mol. The summed E-state index contributed by atoms with van der Waals surface area (Å²) in [6.07, 6.45) is 2.66. The third-order valence-electron chi connectivity index (χ3n) is 6.26. The van der Waals surface area contributed by atoms with E-state index in [1.807, 2.05) is 37.3 Å². The maximum atomic E-state index is 14.7. The molecule has 0 radical (unpaired) electrons. The van der Waals surface area contributed by atoms with Crippen LogP contribution in [0.5, 0.6) is 0 Å². The van der Waals surface area contributed by atoms with E-state index in [2.05, 4.69) is 5.32 Å². The van der Waals surface area contributed by atoms with Crippen molar-refractivity contribution in [3.05, 3.63) is 99.8 Å². The normalized spacial score (nSPS) is 12.0. The highest BCUT2D eigenvalue weighted by Crippen LogP contribution is 2.26. The highest BCUT2D eigenvalue weighted by Gasteiger charge is 2.33. The Balaban J connectivity index is 2.07. The van der Waals surface area contributed by atoms with Gasteiger partial charge >= 0.3 is 0 Å². The van der Waals surface area contributed by atoms with Crippen LogP contribution >= 0.6 is 23.2 Å². The average Bonchev–Trinajstić information content (AvgIpc) is 2.91. The summed E-state index contributed by atoms with van der Waals surface area (Å²) in [5, 5.41) is 3.57. The molecule has 0 bridgehead atoms. The number of amides is 2. The average molecular weight is 609 g/mol. The van der Waals surface area contributed by atoms with Gasteiger partial charge in [0, 0.05) is 29.6 Å². The van der Waals surface area contributed by atoms with E-state index in [1.165, 1.54) is 29.2 Å². The van der Waals surface area contributed by atoms with Crippen LogP contribution in [0.1, 0.15) is 30.9 Å². The van der Waals surface area contributed by atoms with Crippen molar-refractivity contribution >= 4 is 50.7 Å². The molecule has 0 spiro atoms. The number of nitrogens with zero attached hydrogens (tertiary/aromatic N) is 2. The van der Waals surface area contributed by atoms with Crippen molar-refractivity contribution in [2.75, 3.05) is 23.7 Å². The van der Waals surface area contributed by atoms with E-state index >= 15 is 0 Å². The molecule has 0 saturated carbocycles. The summed E-state index contributed by atoms with van der Waals surface area (Å²) in [4.78, 5) is 28.8. The van der Waals surface area contributed by atoms with Gasteiger partial charge in [-0.25, -0.2) is 12.8 Å². The van der Waals surface area contributed by atoms with Crippen LogP contribution in [0.25, 0.3) is 0 Å². The van der Waals surface area contributed by atoms with Crippen LogP contribution < -0.4 is 9.62 Å². The summed E-state index contributed by atoms with van der Waals surface area (Å²) in [5.41, 5.74) is 1.04. The molecule has 3 aromatic carbocycles. The summed E-state index contributed by atoms with van der Waals surface area (Å²) in [6.45, 7) is 1.57. The van der Waals surface area contributed by atoms with E-state index in [1.54, 1.807) is 12.1 Å².